The van der Waals surface area contributed by atoms with E-state index in [2.05, 4.69) is 55.3 Å². The quantitative estimate of drug-likeness (QED) is 0.540. The normalized spacial score (nSPS) is 14.9. The summed E-state index contributed by atoms with van der Waals surface area (Å²) in [5.74, 6) is -2.66. The van der Waals surface area contributed by atoms with Gasteiger partial charge >= 0.3 is 11.9 Å². The predicted octanol–water partition coefficient (Wildman–Crippen LogP) is 1.81. The Morgan fingerprint density at radius 1 is 1.08 bits per heavy atom. The topological polar surface area (TPSA) is 99.1 Å². The van der Waals surface area contributed by atoms with Gasteiger partial charge in [-0.05, 0) is 29.5 Å². The van der Waals surface area contributed by atoms with Crippen LogP contribution in [-0.4, -0.2) is 66.4 Å². The van der Waals surface area contributed by atoms with Crippen molar-refractivity contribution in [2.75, 3.05) is 39.3 Å². The molecule has 1 aromatic carbocycles. The van der Waals surface area contributed by atoms with E-state index < -0.39 is 11.9 Å². The smallest absolute Gasteiger partial charge is 0.414 e. The molecule has 7 nitrogen and oxygen atoms in total. The molecule has 0 aliphatic carbocycles. The van der Waals surface area contributed by atoms with E-state index in [1.54, 1.807) is 0 Å². The number of nitrogens with one attached hydrogen (secondary N) is 1. The van der Waals surface area contributed by atoms with Gasteiger partial charge < -0.3 is 25.2 Å². The summed E-state index contributed by atoms with van der Waals surface area (Å²) < 4.78 is 5.82. The maximum absolute atomic E-state index is 9.10. The number of carbonyl (C=O) groups is 2. The third-order valence-electron chi connectivity index (χ3n) is 4.00. The molecular weight excluding hydrogens is 336 g/mol. The van der Waals surface area contributed by atoms with Crippen LogP contribution < -0.4 is 10.1 Å². The largest absolute Gasteiger partial charge is 0.494 e. The van der Waals surface area contributed by atoms with Crippen LogP contribution in [0.2, 0.25) is 0 Å². The zero-order valence-electron chi connectivity index (χ0n) is 15.8. The van der Waals surface area contributed by atoms with E-state index in [0.717, 1.165) is 38.4 Å². The first kappa shape index (κ1) is 21.9. The Morgan fingerprint density at radius 3 is 2.08 bits per heavy atom. The highest BCUT2D eigenvalue weighted by Crippen LogP contribution is 2.24. The average molecular weight is 366 g/mol. The molecule has 7 heteroatoms. The lowest BCUT2D eigenvalue weighted by Crippen LogP contribution is -2.43. The molecule has 0 unspecified atom stereocenters. The van der Waals surface area contributed by atoms with Gasteiger partial charge in [-0.15, -0.1) is 0 Å². The van der Waals surface area contributed by atoms with Crippen molar-refractivity contribution in [3.05, 3.63) is 29.8 Å². The molecular formula is C19H30N2O5. The number of benzene rings is 1. The number of piperazine rings is 1. The van der Waals surface area contributed by atoms with Gasteiger partial charge in [-0.1, -0.05) is 32.9 Å². The van der Waals surface area contributed by atoms with Crippen molar-refractivity contribution >= 4 is 11.9 Å². The molecule has 1 aliphatic rings. The molecule has 1 heterocycles. The van der Waals surface area contributed by atoms with Crippen molar-refractivity contribution in [3.63, 3.8) is 0 Å². The van der Waals surface area contributed by atoms with E-state index in [9.17, 15) is 0 Å². The molecule has 0 bridgehead atoms. The van der Waals surface area contributed by atoms with Gasteiger partial charge in [-0.3, -0.25) is 0 Å². The van der Waals surface area contributed by atoms with Crippen LogP contribution in [0, 0.1) is 0 Å². The lowest BCUT2D eigenvalue weighted by molar-refractivity contribution is -0.159. The molecule has 146 valence electrons. The number of aliphatic carboxylic acids is 2. The summed E-state index contributed by atoms with van der Waals surface area (Å²) in [6.45, 7) is 13.2. The van der Waals surface area contributed by atoms with Crippen LogP contribution in [0.1, 0.15) is 32.8 Å². The Hall–Kier alpha value is -2.12. The van der Waals surface area contributed by atoms with E-state index in [4.69, 9.17) is 24.5 Å². The van der Waals surface area contributed by atoms with E-state index in [1.165, 1.54) is 18.7 Å². The number of carboxylic acids is 2. The monoisotopic (exact) mass is 366 g/mol. The second kappa shape index (κ2) is 10.8. The number of nitrogens with zero attached hydrogens (tertiary/aromatic N) is 1. The zero-order valence-corrected chi connectivity index (χ0v) is 15.8. The van der Waals surface area contributed by atoms with Gasteiger partial charge in [-0.2, -0.15) is 0 Å². The van der Waals surface area contributed by atoms with Gasteiger partial charge in [0.2, 0.25) is 0 Å². The summed E-state index contributed by atoms with van der Waals surface area (Å²) in [7, 11) is 0. The first-order chi connectivity index (χ1) is 12.2. The zero-order chi connectivity index (χ0) is 19.6. The second-order valence-corrected chi connectivity index (χ2v) is 7.18. The van der Waals surface area contributed by atoms with Crippen molar-refractivity contribution < 1.29 is 24.5 Å². The molecule has 1 aliphatic heterocycles. The van der Waals surface area contributed by atoms with Crippen molar-refractivity contribution in [3.8, 4) is 5.75 Å². The Balaban J connectivity index is 0.000000487. The van der Waals surface area contributed by atoms with Crippen LogP contribution in [0.4, 0.5) is 0 Å². The first-order valence-electron chi connectivity index (χ1n) is 8.83. The number of carboxylic acid groups (broad SMARTS) is 2. The van der Waals surface area contributed by atoms with Crippen LogP contribution in [0.3, 0.4) is 0 Å². The third-order valence-corrected chi connectivity index (χ3v) is 4.00. The molecule has 1 fully saturated rings. The van der Waals surface area contributed by atoms with Gasteiger partial charge in [0, 0.05) is 32.7 Å². The van der Waals surface area contributed by atoms with Crippen LogP contribution >= 0.6 is 0 Å². The highest BCUT2D eigenvalue weighted by molar-refractivity contribution is 6.27. The summed E-state index contributed by atoms with van der Waals surface area (Å²) in [6.07, 6.45) is 1.10. The fraction of sp³-hybridized carbons (Fsp3) is 0.579. The molecule has 0 atom stereocenters. The summed E-state index contributed by atoms with van der Waals surface area (Å²) >= 11 is 0. The molecule has 3 N–H and O–H groups in total. The highest BCUT2D eigenvalue weighted by Gasteiger charge is 2.13. The minimum atomic E-state index is -1.82. The lowest BCUT2D eigenvalue weighted by Gasteiger charge is -2.27. The lowest BCUT2D eigenvalue weighted by atomic mass is 9.87. The fourth-order valence-electron chi connectivity index (χ4n) is 2.46. The molecule has 0 spiro atoms. The van der Waals surface area contributed by atoms with E-state index in [0.29, 0.717) is 0 Å². The van der Waals surface area contributed by atoms with Crippen molar-refractivity contribution in [2.45, 2.75) is 32.6 Å². The number of ether oxygens (including phenoxy) is 1. The van der Waals surface area contributed by atoms with Crippen LogP contribution in [0.5, 0.6) is 5.75 Å². The minimum Gasteiger partial charge on any atom is -0.494 e. The van der Waals surface area contributed by atoms with Crippen LogP contribution in [0.25, 0.3) is 0 Å². The minimum absolute atomic E-state index is 0.209. The van der Waals surface area contributed by atoms with Gasteiger partial charge in [0.05, 0.1) is 6.61 Å². The fourth-order valence-corrected chi connectivity index (χ4v) is 2.46. The van der Waals surface area contributed by atoms with Crippen LogP contribution in [-0.2, 0) is 15.0 Å². The predicted molar refractivity (Wildman–Crippen MR) is 99.8 cm³/mol. The van der Waals surface area contributed by atoms with Crippen molar-refractivity contribution in [1.82, 2.24) is 10.2 Å². The van der Waals surface area contributed by atoms with Gasteiger partial charge in [0.25, 0.3) is 0 Å². The standard InChI is InChI=1S/C17H28N2O.C2H2O4/c1-17(2,3)15-5-7-16(8-6-15)20-14-4-11-19-12-9-18-10-13-19;3-1(4)2(5)6/h5-8,18H,4,9-14H2,1-3H3;(H,3,4)(H,5,6). The average Bonchev–Trinajstić information content (AvgIpc) is 2.60. The van der Waals surface area contributed by atoms with E-state index >= 15 is 0 Å². The Morgan fingerprint density at radius 2 is 1.62 bits per heavy atom. The first-order valence-corrected chi connectivity index (χ1v) is 8.83. The highest BCUT2D eigenvalue weighted by atomic mass is 16.5. The summed E-state index contributed by atoms with van der Waals surface area (Å²) in [4.78, 5) is 20.7. The molecule has 1 aromatic rings. The second-order valence-electron chi connectivity index (χ2n) is 7.18. The summed E-state index contributed by atoms with van der Waals surface area (Å²) in [6, 6.07) is 8.52. The number of hydrogen-bond donors (Lipinski definition) is 3. The van der Waals surface area contributed by atoms with Gasteiger partial charge in [-0.25, -0.2) is 9.59 Å². The molecule has 26 heavy (non-hydrogen) atoms. The SMILES string of the molecule is CC(C)(C)c1ccc(OCCCN2CCNCC2)cc1.O=C(O)C(=O)O. The van der Waals surface area contributed by atoms with Gasteiger partial charge in [0.15, 0.2) is 0 Å². The summed E-state index contributed by atoms with van der Waals surface area (Å²) in [5, 5.41) is 18.2. The Bertz CT molecular complexity index is 548. The number of hydrogen-bond acceptors (Lipinski definition) is 5. The maximum atomic E-state index is 9.10. The molecule has 0 saturated carbocycles. The van der Waals surface area contributed by atoms with E-state index in [-0.39, 0.29) is 5.41 Å². The number of rotatable bonds is 5. The molecule has 2 rings (SSSR count). The Labute approximate surface area is 155 Å². The summed E-state index contributed by atoms with van der Waals surface area (Å²) in [5.41, 5.74) is 1.56. The van der Waals surface area contributed by atoms with E-state index in [1.807, 2.05) is 0 Å². The maximum Gasteiger partial charge on any atom is 0.414 e. The van der Waals surface area contributed by atoms with Gasteiger partial charge in [0.1, 0.15) is 5.75 Å². The molecule has 0 radical (unpaired) electrons. The van der Waals surface area contributed by atoms with Crippen molar-refractivity contribution in [1.29, 1.82) is 0 Å². The molecule has 0 aromatic heterocycles. The Kier molecular flexibility index (Phi) is 9.09. The molecule has 0 amide bonds. The third kappa shape index (κ3) is 8.82. The van der Waals surface area contributed by atoms with Crippen molar-refractivity contribution in [2.24, 2.45) is 0 Å². The van der Waals surface area contributed by atoms with Crippen LogP contribution in [0.15, 0.2) is 24.3 Å². The molecule has 1 saturated heterocycles.